The molecule has 0 rings (SSSR count). The normalized spacial score (nSPS) is 12.1. The summed E-state index contributed by atoms with van der Waals surface area (Å²) in [7, 11) is 0. The van der Waals surface area contributed by atoms with Crippen LogP contribution in [0.2, 0.25) is 0 Å². The van der Waals surface area contributed by atoms with Gasteiger partial charge in [0.15, 0.2) is 0 Å². The summed E-state index contributed by atoms with van der Waals surface area (Å²) < 4.78 is 4.42. The van der Waals surface area contributed by atoms with Gasteiger partial charge in [-0.2, -0.15) is 0 Å². The van der Waals surface area contributed by atoms with Crippen LogP contribution in [0.4, 0.5) is 0 Å². The fraction of sp³-hybridized carbons (Fsp3) is 0.667. The predicted octanol–water partition coefficient (Wildman–Crippen LogP) is 3.69. The zero-order valence-corrected chi connectivity index (χ0v) is 9.19. The lowest BCUT2D eigenvalue weighted by atomic mass is 10.2. The number of hydrogen-bond acceptors (Lipinski definition) is 0. The molecule has 0 bridgehead atoms. The van der Waals surface area contributed by atoms with Crippen molar-refractivity contribution in [2.45, 2.75) is 26.2 Å². The summed E-state index contributed by atoms with van der Waals surface area (Å²) in [6.07, 6.45) is 3.79. The average molecular weight is 335 g/mol. The number of rotatable bonds is 3. The van der Waals surface area contributed by atoms with Crippen LogP contribution in [-0.2, 0) is 0 Å². The molecule has 0 saturated heterocycles. The maximum Gasteiger partial charge on any atom is 0.0363 e. The smallest absolute Gasteiger partial charge is 0.0363 e. The highest BCUT2D eigenvalue weighted by Gasteiger charge is 1.87. The Kier molecular flexibility index (Phi) is 7.27. The minimum absolute atomic E-state index is 1.21. The van der Waals surface area contributed by atoms with Gasteiger partial charge in [0.1, 0.15) is 0 Å². The lowest BCUT2D eigenvalue weighted by Crippen LogP contribution is -1.70. The molecule has 0 saturated carbocycles. The predicted molar refractivity (Wildman–Crippen MR) is 54.3 cm³/mol. The fourth-order valence-electron chi connectivity index (χ4n) is 0.379. The molecule has 0 aliphatic carbocycles. The molecule has 47 valence electrons. The van der Waals surface area contributed by atoms with E-state index in [0.717, 1.165) is 0 Å². The average Bonchev–Trinajstić information content (AvgIpc) is 1.83. The Morgan fingerprint density at radius 1 is 1.62 bits per heavy atom. The van der Waals surface area contributed by atoms with Crippen molar-refractivity contribution in [3.05, 3.63) is 7.66 Å². The van der Waals surface area contributed by atoms with Gasteiger partial charge in [0, 0.05) is 7.66 Å². The Morgan fingerprint density at radius 2 is 2.25 bits per heavy atom. The van der Waals surface area contributed by atoms with E-state index >= 15 is 0 Å². The first-order valence-corrected chi connectivity index (χ1v) is 4.85. The Balaban J connectivity index is 3.12. The molecule has 0 aromatic heterocycles. The van der Waals surface area contributed by atoms with Gasteiger partial charge in [0.05, 0.1) is 0 Å². The minimum atomic E-state index is 1.21. The SMILES string of the molecule is CCCC/C(I)=[C]\I. The van der Waals surface area contributed by atoms with Crippen LogP contribution in [0.1, 0.15) is 26.2 Å². The van der Waals surface area contributed by atoms with Crippen LogP contribution in [-0.4, -0.2) is 0 Å². The van der Waals surface area contributed by atoms with Crippen molar-refractivity contribution in [1.29, 1.82) is 0 Å². The van der Waals surface area contributed by atoms with Crippen molar-refractivity contribution in [2.24, 2.45) is 0 Å². The number of halogens is 2. The summed E-state index contributed by atoms with van der Waals surface area (Å²) in [4.78, 5) is 0. The third kappa shape index (κ3) is 5.34. The lowest BCUT2D eigenvalue weighted by Gasteiger charge is -1.91. The molecule has 2 heteroatoms. The van der Waals surface area contributed by atoms with Crippen LogP contribution < -0.4 is 0 Å². The van der Waals surface area contributed by atoms with Crippen molar-refractivity contribution in [2.75, 3.05) is 0 Å². The monoisotopic (exact) mass is 335 g/mol. The second kappa shape index (κ2) is 6.32. The second-order valence-electron chi connectivity index (χ2n) is 1.60. The molecule has 8 heavy (non-hydrogen) atoms. The molecule has 0 N–H and O–H groups in total. The summed E-state index contributed by atoms with van der Waals surface area (Å²) in [5.74, 6) is 0. The summed E-state index contributed by atoms with van der Waals surface area (Å²) in [6, 6.07) is 0. The Hall–Kier alpha value is 1.20. The first-order valence-electron chi connectivity index (χ1n) is 2.69. The standard InChI is InChI=1S/C6H9I2/c1-2-3-4-6(8)5-7/h2-4H2,1H3. The van der Waals surface area contributed by atoms with E-state index in [1.54, 1.807) is 0 Å². The molecule has 0 aliphatic heterocycles. The van der Waals surface area contributed by atoms with E-state index in [-0.39, 0.29) is 0 Å². The zero-order valence-electron chi connectivity index (χ0n) is 4.88. The summed E-state index contributed by atoms with van der Waals surface area (Å²) in [6.45, 7) is 2.21. The summed E-state index contributed by atoms with van der Waals surface area (Å²) in [5.41, 5.74) is 0. The minimum Gasteiger partial charge on any atom is -0.0654 e. The van der Waals surface area contributed by atoms with Crippen molar-refractivity contribution >= 4 is 45.2 Å². The van der Waals surface area contributed by atoms with Gasteiger partial charge in [-0.25, -0.2) is 0 Å². The van der Waals surface area contributed by atoms with Crippen LogP contribution in [0.5, 0.6) is 0 Å². The first kappa shape index (κ1) is 9.20. The van der Waals surface area contributed by atoms with Gasteiger partial charge in [0.2, 0.25) is 0 Å². The maximum atomic E-state index is 3.07. The largest absolute Gasteiger partial charge is 0.0654 e. The summed E-state index contributed by atoms with van der Waals surface area (Å²) in [5, 5.41) is 0. The molecule has 0 amide bonds. The molecular formula is C6H9I2. The van der Waals surface area contributed by atoms with E-state index < -0.39 is 0 Å². The highest BCUT2D eigenvalue weighted by molar-refractivity contribution is 14.1. The van der Waals surface area contributed by atoms with E-state index in [1.807, 2.05) is 0 Å². The Labute approximate surface area is 78.4 Å². The molecule has 0 heterocycles. The van der Waals surface area contributed by atoms with Gasteiger partial charge >= 0.3 is 0 Å². The molecule has 0 unspecified atom stereocenters. The molecule has 0 nitrogen and oxygen atoms in total. The zero-order chi connectivity index (χ0) is 6.41. The van der Waals surface area contributed by atoms with Gasteiger partial charge in [-0.1, -0.05) is 13.3 Å². The van der Waals surface area contributed by atoms with Gasteiger partial charge in [-0.15, -0.1) is 0 Å². The molecule has 0 aromatic rings. The third-order valence-corrected chi connectivity index (χ3v) is 3.34. The van der Waals surface area contributed by atoms with Crippen molar-refractivity contribution in [3.63, 3.8) is 0 Å². The Morgan fingerprint density at radius 3 is 2.62 bits per heavy atom. The van der Waals surface area contributed by atoms with Crippen LogP contribution in [0.15, 0.2) is 3.58 Å². The van der Waals surface area contributed by atoms with Crippen LogP contribution in [0, 0.1) is 4.08 Å². The van der Waals surface area contributed by atoms with Crippen molar-refractivity contribution < 1.29 is 0 Å². The van der Waals surface area contributed by atoms with Crippen molar-refractivity contribution in [3.8, 4) is 0 Å². The van der Waals surface area contributed by atoms with E-state index in [9.17, 15) is 0 Å². The van der Waals surface area contributed by atoms with Crippen LogP contribution in [0.3, 0.4) is 0 Å². The molecule has 0 fully saturated rings. The topological polar surface area (TPSA) is 0 Å². The number of unbranched alkanes of at least 4 members (excludes halogenated alkanes) is 1. The van der Waals surface area contributed by atoms with Gasteiger partial charge in [0.25, 0.3) is 0 Å². The van der Waals surface area contributed by atoms with Gasteiger partial charge in [-0.3, -0.25) is 0 Å². The van der Waals surface area contributed by atoms with E-state index in [0.29, 0.717) is 0 Å². The second-order valence-corrected chi connectivity index (χ2v) is 3.44. The van der Waals surface area contributed by atoms with Gasteiger partial charge < -0.3 is 0 Å². The molecular weight excluding hydrogens is 326 g/mol. The molecule has 0 spiro atoms. The summed E-state index contributed by atoms with van der Waals surface area (Å²) >= 11 is 4.49. The van der Waals surface area contributed by atoms with E-state index in [1.165, 1.54) is 22.8 Å². The molecule has 0 aliphatic rings. The van der Waals surface area contributed by atoms with E-state index in [4.69, 9.17) is 0 Å². The van der Waals surface area contributed by atoms with Crippen LogP contribution in [0.25, 0.3) is 0 Å². The lowest BCUT2D eigenvalue weighted by molar-refractivity contribution is 0.812. The number of allylic oxidation sites excluding steroid dienone is 1. The molecule has 0 atom stereocenters. The third-order valence-electron chi connectivity index (χ3n) is 0.852. The van der Waals surface area contributed by atoms with Gasteiger partial charge in [-0.05, 0) is 58.0 Å². The molecule has 1 radical (unpaired) electrons. The first-order chi connectivity index (χ1) is 3.81. The van der Waals surface area contributed by atoms with Crippen molar-refractivity contribution in [1.82, 2.24) is 0 Å². The highest BCUT2D eigenvalue weighted by atomic mass is 127. The molecule has 0 aromatic carbocycles. The van der Waals surface area contributed by atoms with E-state index in [2.05, 4.69) is 56.2 Å². The Bertz CT molecular complexity index is 76.6. The van der Waals surface area contributed by atoms with Crippen LogP contribution >= 0.6 is 45.2 Å². The number of hydrogen-bond donors (Lipinski definition) is 0. The fourth-order valence-corrected chi connectivity index (χ4v) is 1.03. The maximum absolute atomic E-state index is 3.07. The highest BCUT2D eigenvalue weighted by Crippen LogP contribution is 2.15. The quantitative estimate of drug-likeness (QED) is 0.690.